The van der Waals surface area contributed by atoms with Crippen molar-refractivity contribution in [3.8, 4) is 11.5 Å². The summed E-state index contributed by atoms with van der Waals surface area (Å²) in [4.78, 5) is 19.8. The van der Waals surface area contributed by atoms with Crippen LogP contribution in [0.5, 0.6) is 11.5 Å². The van der Waals surface area contributed by atoms with Gasteiger partial charge < -0.3 is 9.63 Å². The Hall–Kier alpha value is -2.09. The first-order valence-corrected chi connectivity index (χ1v) is 9.65. The van der Waals surface area contributed by atoms with E-state index in [1.54, 1.807) is 0 Å². The number of ether oxygens (including phenoxy) is 1. The topological polar surface area (TPSA) is 89.7 Å². The van der Waals surface area contributed by atoms with E-state index in [0.29, 0.717) is 6.07 Å². The molecule has 11 heteroatoms. The van der Waals surface area contributed by atoms with Crippen LogP contribution in [0.3, 0.4) is 0 Å². The number of rotatable bonds is 5. The second-order valence-electron chi connectivity index (χ2n) is 5.50. The van der Waals surface area contributed by atoms with Gasteiger partial charge in [0, 0.05) is 18.3 Å². The van der Waals surface area contributed by atoms with Crippen LogP contribution in [0.2, 0.25) is 5.02 Å². The van der Waals surface area contributed by atoms with Crippen LogP contribution in [0.25, 0.3) is 0 Å². The van der Waals surface area contributed by atoms with Crippen molar-refractivity contribution >= 4 is 24.7 Å². The van der Waals surface area contributed by atoms with Crippen molar-refractivity contribution < 1.29 is 32.3 Å². The molecule has 1 atom stereocenters. The molecule has 2 aromatic rings. The molecule has 1 unspecified atom stereocenters. The first-order chi connectivity index (χ1) is 11.9. The van der Waals surface area contributed by atoms with Crippen molar-refractivity contribution in [2.45, 2.75) is 12.3 Å². The number of nitrogens with zero attached hydrogens (tertiary/aromatic N) is 1. The Morgan fingerprint density at radius 1 is 1.27 bits per heavy atom. The van der Waals surface area contributed by atoms with E-state index in [4.69, 9.17) is 16.3 Å². The molecule has 0 saturated carbocycles. The van der Waals surface area contributed by atoms with Crippen LogP contribution in [-0.2, 0) is 16.9 Å². The molecule has 0 aliphatic rings. The van der Waals surface area contributed by atoms with Gasteiger partial charge in [0.15, 0.2) is 0 Å². The van der Waals surface area contributed by atoms with Gasteiger partial charge in [0.05, 0.1) is 21.7 Å². The Morgan fingerprint density at radius 2 is 1.92 bits per heavy atom. The van der Waals surface area contributed by atoms with Gasteiger partial charge in [0.2, 0.25) is 7.37 Å². The maximum atomic E-state index is 12.6. The summed E-state index contributed by atoms with van der Waals surface area (Å²) in [6.45, 7) is 1.05. The summed E-state index contributed by atoms with van der Waals surface area (Å²) in [5.74, 6) is -0.0659. The monoisotopic (exact) mass is 409 g/mol. The molecule has 0 amide bonds. The van der Waals surface area contributed by atoms with Crippen LogP contribution >= 0.6 is 19.0 Å². The summed E-state index contributed by atoms with van der Waals surface area (Å²) in [7, 11) is -3.60. The van der Waals surface area contributed by atoms with Gasteiger partial charge in [-0.1, -0.05) is 11.6 Å². The second kappa shape index (κ2) is 7.26. The van der Waals surface area contributed by atoms with Crippen LogP contribution in [0.15, 0.2) is 36.4 Å². The molecular weight excluding hydrogens is 398 g/mol. The molecular formula is C15H12ClF3NO5P. The van der Waals surface area contributed by atoms with Crippen LogP contribution in [0.1, 0.15) is 11.1 Å². The Bertz CT molecular complexity index is 897. The molecule has 140 valence electrons. The van der Waals surface area contributed by atoms with Gasteiger partial charge in [-0.2, -0.15) is 13.2 Å². The van der Waals surface area contributed by atoms with Gasteiger partial charge in [-0.3, -0.25) is 14.7 Å². The minimum Gasteiger partial charge on any atom is -0.456 e. The van der Waals surface area contributed by atoms with Crippen molar-refractivity contribution in [1.29, 1.82) is 0 Å². The highest BCUT2D eigenvalue weighted by atomic mass is 35.5. The molecule has 0 bridgehead atoms. The van der Waals surface area contributed by atoms with Crippen molar-refractivity contribution in [1.82, 2.24) is 0 Å². The maximum absolute atomic E-state index is 12.6. The number of benzene rings is 2. The van der Waals surface area contributed by atoms with E-state index in [0.717, 1.165) is 24.9 Å². The Morgan fingerprint density at radius 3 is 2.42 bits per heavy atom. The Balaban J connectivity index is 2.37. The fourth-order valence-electron chi connectivity index (χ4n) is 2.13. The first-order valence-electron chi connectivity index (χ1n) is 6.98. The minimum absolute atomic E-state index is 0.0284. The average molecular weight is 410 g/mol. The zero-order chi connectivity index (χ0) is 19.7. The third-order valence-electron chi connectivity index (χ3n) is 3.20. The fourth-order valence-corrected chi connectivity index (χ4v) is 3.24. The number of nitro groups is 1. The lowest BCUT2D eigenvalue weighted by Gasteiger charge is -2.12. The normalized spacial score (nSPS) is 13.9. The molecule has 0 saturated heterocycles. The molecule has 0 heterocycles. The van der Waals surface area contributed by atoms with Crippen molar-refractivity contribution in [2.75, 3.05) is 6.66 Å². The summed E-state index contributed by atoms with van der Waals surface area (Å²) in [6.07, 6.45) is -5.02. The number of alkyl halides is 3. The van der Waals surface area contributed by atoms with Gasteiger partial charge in [-0.15, -0.1) is 0 Å². The molecule has 2 aromatic carbocycles. The smallest absolute Gasteiger partial charge is 0.416 e. The lowest BCUT2D eigenvalue weighted by Crippen LogP contribution is -2.04. The van der Waals surface area contributed by atoms with Gasteiger partial charge >= 0.3 is 6.18 Å². The molecule has 26 heavy (non-hydrogen) atoms. The molecule has 0 radical (unpaired) electrons. The number of hydrogen-bond acceptors (Lipinski definition) is 4. The van der Waals surface area contributed by atoms with E-state index >= 15 is 0 Å². The zero-order valence-corrected chi connectivity index (χ0v) is 14.8. The van der Waals surface area contributed by atoms with Gasteiger partial charge in [-0.25, -0.2) is 0 Å². The van der Waals surface area contributed by atoms with Crippen molar-refractivity contribution in [3.63, 3.8) is 0 Å². The fraction of sp³-hybridized carbons (Fsp3) is 0.200. The van der Waals surface area contributed by atoms with Crippen molar-refractivity contribution in [2.24, 2.45) is 0 Å². The third-order valence-corrected chi connectivity index (χ3v) is 4.42. The Labute approximate surface area is 150 Å². The van der Waals surface area contributed by atoms with Crippen molar-refractivity contribution in [3.05, 3.63) is 62.7 Å². The highest BCUT2D eigenvalue weighted by Crippen LogP contribution is 2.43. The van der Waals surface area contributed by atoms with E-state index in [1.165, 1.54) is 12.1 Å². The largest absolute Gasteiger partial charge is 0.456 e. The SMILES string of the molecule is CP(=O)(O)Cc1cc(Oc2ccc(C(F)(F)F)cc2Cl)ccc1[N+](=O)[O-]. The average Bonchev–Trinajstić information content (AvgIpc) is 2.46. The first kappa shape index (κ1) is 20.2. The van der Waals surface area contributed by atoms with E-state index in [-0.39, 0.29) is 27.8 Å². The van der Waals surface area contributed by atoms with Crippen LogP contribution in [0, 0.1) is 10.1 Å². The molecule has 0 spiro atoms. The highest BCUT2D eigenvalue weighted by molar-refractivity contribution is 7.56. The molecule has 0 aliphatic carbocycles. The molecule has 6 nitrogen and oxygen atoms in total. The molecule has 1 N–H and O–H groups in total. The molecule has 0 aromatic heterocycles. The molecule has 0 fully saturated rings. The summed E-state index contributed by atoms with van der Waals surface area (Å²) in [5.41, 5.74) is -1.36. The predicted molar refractivity (Wildman–Crippen MR) is 89.1 cm³/mol. The molecule has 2 rings (SSSR count). The lowest BCUT2D eigenvalue weighted by molar-refractivity contribution is -0.385. The number of nitro benzene ring substituents is 1. The highest BCUT2D eigenvalue weighted by Gasteiger charge is 2.31. The lowest BCUT2D eigenvalue weighted by atomic mass is 10.2. The van der Waals surface area contributed by atoms with Crippen LogP contribution in [0.4, 0.5) is 18.9 Å². The maximum Gasteiger partial charge on any atom is 0.416 e. The second-order valence-corrected chi connectivity index (χ2v) is 8.33. The van der Waals surface area contributed by atoms with Gasteiger partial charge in [0.1, 0.15) is 11.5 Å². The summed E-state index contributed by atoms with van der Waals surface area (Å²) in [6, 6.07) is 5.96. The standard InChI is InChI=1S/C15H12ClF3NO5P/c1-26(23,24)8-9-6-11(3-4-13(9)20(21)22)25-14-5-2-10(7-12(14)16)15(17,18)19/h2-7H,8H2,1H3,(H,23,24). The minimum atomic E-state index is -4.56. The van der Waals surface area contributed by atoms with E-state index < -0.39 is 30.2 Å². The van der Waals surface area contributed by atoms with Crippen LogP contribution < -0.4 is 4.74 Å². The summed E-state index contributed by atoms with van der Waals surface area (Å²) in [5, 5.41) is 10.7. The summed E-state index contributed by atoms with van der Waals surface area (Å²) >= 11 is 5.80. The quantitative estimate of drug-likeness (QED) is 0.402. The zero-order valence-electron chi connectivity index (χ0n) is 13.2. The number of hydrogen-bond donors (Lipinski definition) is 1. The predicted octanol–water partition coefficient (Wildman–Crippen LogP) is 5.46. The van der Waals surface area contributed by atoms with E-state index in [2.05, 4.69) is 0 Å². The third kappa shape index (κ3) is 5.20. The van der Waals surface area contributed by atoms with E-state index in [9.17, 15) is 32.7 Å². The van der Waals surface area contributed by atoms with Gasteiger partial charge in [-0.05, 0) is 30.3 Å². The van der Waals surface area contributed by atoms with Gasteiger partial charge in [0.25, 0.3) is 5.69 Å². The summed E-state index contributed by atoms with van der Waals surface area (Å²) < 4.78 is 54.9. The number of halogens is 4. The Kier molecular flexibility index (Phi) is 5.65. The van der Waals surface area contributed by atoms with E-state index in [1.807, 2.05) is 0 Å². The van der Waals surface area contributed by atoms with Crippen LogP contribution in [-0.4, -0.2) is 16.5 Å². The molecule has 0 aliphatic heterocycles.